The lowest BCUT2D eigenvalue weighted by atomic mass is 10.1. The Hall–Kier alpha value is -2.17. The summed E-state index contributed by atoms with van der Waals surface area (Å²) in [5.41, 5.74) is 1.22. The smallest absolute Gasteiger partial charge is 0.244 e. The molecule has 0 unspecified atom stereocenters. The quantitative estimate of drug-likeness (QED) is 0.804. The van der Waals surface area contributed by atoms with Crippen LogP contribution in [0.4, 0.5) is 4.39 Å². The Morgan fingerprint density at radius 3 is 2.54 bits per heavy atom. The van der Waals surface area contributed by atoms with Crippen LogP contribution in [0.15, 0.2) is 54.6 Å². The summed E-state index contributed by atoms with van der Waals surface area (Å²) in [7, 11) is 3.88. The Morgan fingerprint density at radius 1 is 1.21 bits per heavy atom. The van der Waals surface area contributed by atoms with Gasteiger partial charge >= 0.3 is 0 Å². The van der Waals surface area contributed by atoms with Crippen molar-refractivity contribution >= 4 is 23.6 Å². The molecule has 1 atom stereocenters. The lowest BCUT2D eigenvalue weighted by Crippen LogP contribution is -2.34. The minimum absolute atomic E-state index is 0.158. The fraction of sp³-hybridized carbons (Fsp3) is 0.211. The van der Waals surface area contributed by atoms with Gasteiger partial charge in [0.2, 0.25) is 5.91 Å². The number of carbonyl (C=O) groups is 1. The van der Waals surface area contributed by atoms with Gasteiger partial charge in [-0.25, -0.2) is 4.39 Å². The van der Waals surface area contributed by atoms with Crippen LogP contribution in [0.25, 0.3) is 6.08 Å². The highest BCUT2D eigenvalue weighted by Crippen LogP contribution is 2.20. The van der Waals surface area contributed by atoms with Crippen molar-refractivity contribution in [1.29, 1.82) is 0 Å². The molecule has 1 N–H and O–H groups in total. The van der Waals surface area contributed by atoms with E-state index in [1.807, 2.05) is 49.3 Å². The number of likely N-dealkylation sites (N-methyl/N-ethyl adjacent to an activating group) is 1. The molecule has 2 aromatic rings. The molecule has 0 spiro atoms. The number of nitrogens with one attached hydrogen (secondary N) is 1. The van der Waals surface area contributed by atoms with E-state index in [0.717, 1.165) is 5.56 Å². The van der Waals surface area contributed by atoms with Gasteiger partial charge in [0.05, 0.1) is 11.1 Å². The number of halogens is 2. The van der Waals surface area contributed by atoms with Crippen LogP contribution in [-0.4, -0.2) is 31.4 Å². The maximum Gasteiger partial charge on any atom is 0.244 e. The first-order chi connectivity index (χ1) is 11.5. The largest absolute Gasteiger partial charge is 0.344 e. The average molecular weight is 347 g/mol. The molecule has 0 fully saturated rings. The van der Waals surface area contributed by atoms with Gasteiger partial charge in [0.15, 0.2) is 0 Å². The van der Waals surface area contributed by atoms with E-state index in [9.17, 15) is 9.18 Å². The third kappa shape index (κ3) is 5.18. The van der Waals surface area contributed by atoms with Crippen LogP contribution < -0.4 is 5.32 Å². The van der Waals surface area contributed by atoms with Gasteiger partial charge in [0.25, 0.3) is 0 Å². The molecule has 0 aromatic heterocycles. The highest BCUT2D eigenvalue weighted by atomic mass is 35.5. The summed E-state index contributed by atoms with van der Waals surface area (Å²) in [6.45, 7) is 0.657. The molecule has 0 heterocycles. The second kappa shape index (κ2) is 8.62. The maximum atomic E-state index is 13.7. The second-order valence-corrected chi connectivity index (χ2v) is 6.11. The Balaban J connectivity index is 2.12. The Morgan fingerprint density at radius 2 is 1.92 bits per heavy atom. The summed E-state index contributed by atoms with van der Waals surface area (Å²) in [5, 5.41) is 3.21. The number of benzene rings is 2. The predicted molar refractivity (Wildman–Crippen MR) is 96.3 cm³/mol. The van der Waals surface area contributed by atoms with Gasteiger partial charge in [0.1, 0.15) is 5.82 Å². The summed E-state index contributed by atoms with van der Waals surface area (Å²) in [4.78, 5) is 14.2. The zero-order valence-electron chi connectivity index (χ0n) is 13.7. The topological polar surface area (TPSA) is 32.3 Å². The van der Waals surface area contributed by atoms with Crippen LogP contribution in [0.1, 0.15) is 17.2 Å². The Kier molecular flexibility index (Phi) is 6.53. The van der Waals surface area contributed by atoms with Crippen molar-refractivity contribution in [2.45, 2.75) is 6.04 Å². The van der Waals surface area contributed by atoms with E-state index in [2.05, 4.69) is 5.32 Å². The van der Waals surface area contributed by atoms with Gasteiger partial charge in [-0.1, -0.05) is 48.0 Å². The summed E-state index contributed by atoms with van der Waals surface area (Å²) in [6, 6.07) is 14.0. The second-order valence-electron chi connectivity index (χ2n) is 5.70. The third-order valence-corrected chi connectivity index (χ3v) is 3.80. The molecule has 1 amide bonds. The number of hydrogen-bond donors (Lipinski definition) is 1. The molecule has 5 heteroatoms. The van der Waals surface area contributed by atoms with E-state index >= 15 is 0 Å². The molecule has 0 radical (unpaired) electrons. The summed E-state index contributed by atoms with van der Waals surface area (Å²) in [6.07, 6.45) is 2.70. The fourth-order valence-electron chi connectivity index (χ4n) is 2.33. The van der Waals surface area contributed by atoms with Gasteiger partial charge in [-0.05, 0) is 37.9 Å². The molecule has 0 aliphatic rings. The molecular formula is C19H20ClFN2O. The molecular weight excluding hydrogens is 327 g/mol. The molecule has 24 heavy (non-hydrogen) atoms. The van der Waals surface area contributed by atoms with Crippen LogP contribution in [0, 0.1) is 5.82 Å². The Bertz CT molecular complexity index is 696. The van der Waals surface area contributed by atoms with E-state index in [-0.39, 0.29) is 22.5 Å². The van der Waals surface area contributed by atoms with Crippen LogP contribution in [0.5, 0.6) is 0 Å². The molecule has 0 bridgehead atoms. The SMILES string of the molecule is CN(C)C[C@H](NC(=O)/C=C/c1c(F)cccc1Cl)c1ccccc1. The van der Waals surface area contributed by atoms with Crippen molar-refractivity contribution < 1.29 is 9.18 Å². The van der Waals surface area contributed by atoms with Crippen molar-refractivity contribution in [3.63, 3.8) is 0 Å². The molecule has 2 rings (SSSR count). The van der Waals surface area contributed by atoms with Crippen LogP contribution in [0.2, 0.25) is 5.02 Å². The van der Waals surface area contributed by atoms with Gasteiger partial charge in [0, 0.05) is 18.2 Å². The first kappa shape index (κ1) is 18.2. The highest BCUT2D eigenvalue weighted by Gasteiger charge is 2.14. The molecule has 3 nitrogen and oxygen atoms in total. The minimum Gasteiger partial charge on any atom is -0.344 e. The standard InChI is InChI=1S/C19H20ClFN2O/c1-23(2)13-18(14-7-4-3-5-8-14)22-19(24)12-11-15-16(20)9-6-10-17(15)21/h3-12,18H,13H2,1-2H3,(H,22,24)/b12-11+/t18-/m0/s1. The maximum absolute atomic E-state index is 13.7. The van der Waals surface area contributed by atoms with Crippen molar-refractivity contribution in [2.24, 2.45) is 0 Å². The van der Waals surface area contributed by atoms with E-state index in [4.69, 9.17) is 11.6 Å². The number of hydrogen-bond acceptors (Lipinski definition) is 2. The molecule has 2 aromatic carbocycles. The number of carbonyl (C=O) groups excluding carboxylic acids is 1. The lowest BCUT2D eigenvalue weighted by molar-refractivity contribution is -0.117. The lowest BCUT2D eigenvalue weighted by Gasteiger charge is -2.22. The molecule has 0 aliphatic heterocycles. The van der Waals surface area contributed by atoms with Crippen molar-refractivity contribution in [3.8, 4) is 0 Å². The summed E-state index contributed by atoms with van der Waals surface area (Å²) >= 11 is 5.95. The van der Waals surface area contributed by atoms with Crippen LogP contribution in [-0.2, 0) is 4.79 Å². The monoisotopic (exact) mass is 346 g/mol. The van der Waals surface area contributed by atoms with Gasteiger partial charge in [-0.15, -0.1) is 0 Å². The van der Waals surface area contributed by atoms with Gasteiger partial charge in [-0.2, -0.15) is 0 Å². The number of amides is 1. The highest BCUT2D eigenvalue weighted by molar-refractivity contribution is 6.32. The summed E-state index contributed by atoms with van der Waals surface area (Å²) < 4.78 is 13.7. The Labute approximate surface area is 146 Å². The normalized spacial score (nSPS) is 12.5. The predicted octanol–water partition coefficient (Wildman–Crippen LogP) is 3.91. The first-order valence-electron chi connectivity index (χ1n) is 7.59. The average Bonchev–Trinajstić information content (AvgIpc) is 2.54. The van der Waals surface area contributed by atoms with E-state index < -0.39 is 5.82 Å². The van der Waals surface area contributed by atoms with Crippen molar-refractivity contribution in [3.05, 3.63) is 76.6 Å². The van der Waals surface area contributed by atoms with Gasteiger partial charge in [-0.3, -0.25) is 4.79 Å². The zero-order chi connectivity index (χ0) is 17.5. The van der Waals surface area contributed by atoms with Crippen LogP contribution >= 0.6 is 11.6 Å². The molecule has 0 saturated heterocycles. The van der Waals surface area contributed by atoms with Gasteiger partial charge < -0.3 is 10.2 Å². The fourth-order valence-corrected chi connectivity index (χ4v) is 2.56. The van der Waals surface area contributed by atoms with E-state index in [1.54, 1.807) is 6.07 Å². The van der Waals surface area contributed by atoms with Crippen LogP contribution in [0.3, 0.4) is 0 Å². The number of rotatable bonds is 6. The third-order valence-electron chi connectivity index (χ3n) is 3.47. The van der Waals surface area contributed by atoms with Crippen molar-refractivity contribution in [1.82, 2.24) is 10.2 Å². The molecule has 0 saturated carbocycles. The van der Waals surface area contributed by atoms with Crippen molar-refractivity contribution in [2.75, 3.05) is 20.6 Å². The first-order valence-corrected chi connectivity index (χ1v) is 7.97. The molecule has 0 aliphatic carbocycles. The molecule has 126 valence electrons. The minimum atomic E-state index is -0.459. The summed E-state index contributed by atoms with van der Waals surface area (Å²) in [5.74, 6) is -0.760. The number of nitrogens with zero attached hydrogens (tertiary/aromatic N) is 1. The zero-order valence-corrected chi connectivity index (χ0v) is 14.4. The van der Waals surface area contributed by atoms with E-state index in [1.165, 1.54) is 24.3 Å². The van der Waals surface area contributed by atoms with E-state index in [0.29, 0.717) is 6.54 Å².